The highest BCUT2D eigenvalue weighted by Gasteiger charge is 2.29. The number of carbonyl (C=O) groups is 2. The minimum atomic E-state index is -3.31. The maximum Gasteiger partial charge on any atom is 0.322 e. The molecular weight excluding hydrogens is 478 g/mol. The average Bonchev–Trinajstić information content (AvgIpc) is 3.36. The largest absolute Gasteiger partial charge is 0.467 e. The number of nitrogens with one attached hydrogen (secondary N) is 1. The van der Waals surface area contributed by atoms with Gasteiger partial charge in [-0.2, -0.15) is 0 Å². The van der Waals surface area contributed by atoms with E-state index in [4.69, 9.17) is 4.42 Å². The predicted molar refractivity (Wildman–Crippen MR) is 138 cm³/mol. The monoisotopic (exact) mass is 509 g/mol. The van der Waals surface area contributed by atoms with Gasteiger partial charge in [0.05, 0.1) is 17.7 Å². The van der Waals surface area contributed by atoms with Crippen molar-refractivity contribution in [3.8, 4) is 0 Å². The Morgan fingerprint density at radius 3 is 2.47 bits per heavy atom. The van der Waals surface area contributed by atoms with E-state index in [0.29, 0.717) is 35.0 Å². The van der Waals surface area contributed by atoms with Crippen LogP contribution in [0.4, 0.5) is 10.5 Å². The van der Waals surface area contributed by atoms with Crippen LogP contribution < -0.4 is 5.32 Å². The number of hydrogen-bond acceptors (Lipinski definition) is 6. The number of carbonyl (C=O) groups excluding carboxylic acids is 2. The second-order valence-corrected chi connectivity index (χ2v) is 11.1. The number of amides is 2. The van der Waals surface area contributed by atoms with Crippen molar-refractivity contribution >= 4 is 27.3 Å². The molecule has 0 spiro atoms. The fourth-order valence-electron chi connectivity index (χ4n) is 4.57. The molecule has 190 valence electrons. The Balaban J connectivity index is 1.45. The first kappa shape index (κ1) is 25.7. The quantitative estimate of drug-likeness (QED) is 0.446. The van der Waals surface area contributed by atoms with Gasteiger partial charge >= 0.3 is 6.03 Å². The number of rotatable bonds is 8. The number of likely N-dealkylation sites (tertiary alicyclic amines) is 1. The van der Waals surface area contributed by atoms with Crippen LogP contribution in [0.2, 0.25) is 0 Å². The molecule has 9 heteroatoms. The lowest BCUT2D eigenvalue weighted by atomic mass is 10.0. The zero-order chi connectivity index (χ0) is 25.7. The molecule has 3 aromatic rings. The summed E-state index contributed by atoms with van der Waals surface area (Å²) < 4.78 is 29.9. The van der Waals surface area contributed by atoms with Gasteiger partial charge in [0.15, 0.2) is 15.6 Å². The van der Waals surface area contributed by atoms with Crippen LogP contribution in [0.5, 0.6) is 0 Å². The molecule has 4 rings (SSSR count). The molecule has 1 N–H and O–H groups in total. The molecule has 2 amide bonds. The van der Waals surface area contributed by atoms with E-state index in [9.17, 15) is 18.0 Å². The van der Waals surface area contributed by atoms with Gasteiger partial charge in [0.25, 0.3) is 0 Å². The van der Waals surface area contributed by atoms with Gasteiger partial charge in [0.1, 0.15) is 5.76 Å². The predicted octanol–water partition coefficient (Wildman–Crippen LogP) is 4.58. The first-order chi connectivity index (χ1) is 17.2. The second-order valence-electron chi connectivity index (χ2n) is 9.16. The number of ketones is 1. The van der Waals surface area contributed by atoms with Gasteiger partial charge in [-0.25, -0.2) is 13.2 Å². The van der Waals surface area contributed by atoms with Crippen molar-refractivity contribution < 1.29 is 22.4 Å². The van der Waals surface area contributed by atoms with Crippen molar-refractivity contribution in [3.05, 3.63) is 83.8 Å². The zero-order valence-electron chi connectivity index (χ0n) is 20.5. The third kappa shape index (κ3) is 6.41. The average molecular weight is 510 g/mol. The summed E-state index contributed by atoms with van der Waals surface area (Å²) in [5.74, 6) is 0.621. The summed E-state index contributed by atoms with van der Waals surface area (Å²) >= 11 is 0. The van der Waals surface area contributed by atoms with E-state index >= 15 is 0 Å². The molecule has 0 radical (unpaired) electrons. The van der Waals surface area contributed by atoms with Crippen LogP contribution in [0.25, 0.3) is 0 Å². The first-order valence-corrected chi connectivity index (χ1v) is 13.8. The number of sulfone groups is 1. The molecule has 0 atom stereocenters. The van der Waals surface area contributed by atoms with Crippen molar-refractivity contribution in [2.45, 2.75) is 43.8 Å². The summed E-state index contributed by atoms with van der Waals surface area (Å²) in [6.07, 6.45) is 4.30. The van der Waals surface area contributed by atoms with Gasteiger partial charge in [0, 0.05) is 43.2 Å². The summed E-state index contributed by atoms with van der Waals surface area (Å²) in [6.45, 7) is 3.81. The van der Waals surface area contributed by atoms with Crippen LogP contribution in [0.1, 0.15) is 41.4 Å². The lowest BCUT2D eigenvalue weighted by Crippen LogP contribution is -2.48. The number of anilines is 1. The van der Waals surface area contributed by atoms with Gasteiger partial charge in [-0.15, -0.1) is 0 Å². The molecule has 1 fully saturated rings. The number of urea groups is 1. The number of Topliss-reactive ketones (excluding diaryl/α,β-unsaturated/α-hetero) is 1. The molecule has 36 heavy (non-hydrogen) atoms. The second kappa shape index (κ2) is 11.1. The Bertz CT molecular complexity index is 1310. The van der Waals surface area contributed by atoms with Crippen LogP contribution in [0.3, 0.4) is 0 Å². The Hall–Kier alpha value is -3.43. The maximum absolute atomic E-state index is 13.4. The van der Waals surface area contributed by atoms with Gasteiger partial charge in [-0.3, -0.25) is 9.69 Å². The smallest absolute Gasteiger partial charge is 0.322 e. The Morgan fingerprint density at radius 2 is 1.81 bits per heavy atom. The Morgan fingerprint density at radius 1 is 1.06 bits per heavy atom. The summed E-state index contributed by atoms with van der Waals surface area (Å²) in [5.41, 5.74) is 1.88. The van der Waals surface area contributed by atoms with E-state index in [0.717, 1.165) is 31.5 Å². The molecular formula is C27H31N3O5S. The highest BCUT2D eigenvalue weighted by molar-refractivity contribution is 7.90. The van der Waals surface area contributed by atoms with Crippen LogP contribution in [-0.4, -0.2) is 55.4 Å². The van der Waals surface area contributed by atoms with Crippen molar-refractivity contribution in [1.29, 1.82) is 0 Å². The Labute approximate surface area is 211 Å². The van der Waals surface area contributed by atoms with Gasteiger partial charge in [-0.1, -0.05) is 30.3 Å². The normalized spacial score (nSPS) is 14.9. The molecule has 1 aliphatic rings. The summed E-state index contributed by atoms with van der Waals surface area (Å²) in [7, 11) is -3.31. The SMILES string of the molecule is CC(=O)c1cccc(NC(=O)N(Cc2ccco2)C2CCN(Cc3ccccc3S(C)(=O)=O)CC2)c1. The van der Waals surface area contributed by atoms with Crippen LogP contribution in [0.15, 0.2) is 76.2 Å². The van der Waals surface area contributed by atoms with Crippen LogP contribution >= 0.6 is 0 Å². The number of nitrogens with zero attached hydrogens (tertiary/aromatic N) is 2. The lowest BCUT2D eigenvalue weighted by molar-refractivity contribution is 0.101. The summed E-state index contributed by atoms with van der Waals surface area (Å²) in [6, 6.07) is 17.4. The van der Waals surface area contributed by atoms with Crippen molar-refractivity contribution in [2.24, 2.45) is 0 Å². The molecule has 8 nitrogen and oxygen atoms in total. The minimum Gasteiger partial charge on any atom is -0.467 e. The van der Waals surface area contributed by atoms with Crippen LogP contribution in [-0.2, 0) is 22.9 Å². The molecule has 2 aromatic carbocycles. The van der Waals surface area contributed by atoms with Gasteiger partial charge < -0.3 is 14.6 Å². The minimum absolute atomic E-state index is 0.0208. The third-order valence-electron chi connectivity index (χ3n) is 6.45. The topological polar surface area (TPSA) is 99.9 Å². The zero-order valence-corrected chi connectivity index (χ0v) is 21.3. The maximum atomic E-state index is 13.4. The highest BCUT2D eigenvalue weighted by Crippen LogP contribution is 2.24. The Kier molecular flexibility index (Phi) is 7.91. The van der Waals surface area contributed by atoms with Crippen molar-refractivity contribution in [2.75, 3.05) is 24.7 Å². The van der Waals surface area contributed by atoms with Crippen LogP contribution in [0, 0.1) is 0 Å². The molecule has 0 bridgehead atoms. The number of piperidine rings is 1. The van der Waals surface area contributed by atoms with Gasteiger partial charge in [-0.05, 0) is 55.7 Å². The summed E-state index contributed by atoms with van der Waals surface area (Å²) in [4.78, 5) is 29.5. The fourth-order valence-corrected chi connectivity index (χ4v) is 5.51. The van der Waals surface area contributed by atoms with Crippen molar-refractivity contribution in [1.82, 2.24) is 9.80 Å². The molecule has 0 aliphatic carbocycles. The molecule has 0 saturated carbocycles. The number of furan rings is 1. The van der Waals surface area contributed by atoms with Gasteiger partial charge in [0.2, 0.25) is 0 Å². The standard InChI is InChI=1S/C27H31N3O5S/c1-20(31)21-8-5-9-23(17-21)28-27(32)30(19-25-10-6-16-35-25)24-12-14-29(15-13-24)18-22-7-3-4-11-26(22)36(2,33)34/h3-11,16-17,24H,12-15,18-19H2,1-2H3,(H,28,32). The molecule has 2 heterocycles. The molecule has 1 aliphatic heterocycles. The van der Waals surface area contributed by atoms with E-state index in [1.165, 1.54) is 13.2 Å². The van der Waals surface area contributed by atoms with E-state index in [1.54, 1.807) is 53.6 Å². The fraction of sp³-hybridized carbons (Fsp3) is 0.333. The summed E-state index contributed by atoms with van der Waals surface area (Å²) in [5, 5.41) is 2.93. The number of benzene rings is 2. The number of hydrogen-bond donors (Lipinski definition) is 1. The molecule has 1 aromatic heterocycles. The highest BCUT2D eigenvalue weighted by atomic mass is 32.2. The third-order valence-corrected chi connectivity index (χ3v) is 7.65. The van der Waals surface area contributed by atoms with E-state index in [1.807, 2.05) is 18.2 Å². The van der Waals surface area contributed by atoms with E-state index in [2.05, 4.69) is 10.2 Å². The first-order valence-electron chi connectivity index (χ1n) is 11.9. The lowest BCUT2D eigenvalue weighted by Gasteiger charge is -2.38. The van der Waals surface area contributed by atoms with E-state index < -0.39 is 9.84 Å². The molecule has 1 saturated heterocycles. The molecule has 0 unspecified atom stereocenters. The van der Waals surface area contributed by atoms with E-state index in [-0.39, 0.29) is 17.9 Å². The van der Waals surface area contributed by atoms with Crippen molar-refractivity contribution in [3.63, 3.8) is 0 Å².